The fraction of sp³-hybridized carbons (Fsp3) is 0.222. The first-order valence-electron chi connectivity index (χ1n) is 6.39. The van der Waals surface area contributed by atoms with Crippen LogP contribution in [0.5, 0.6) is 0 Å². The van der Waals surface area contributed by atoms with Crippen LogP contribution in [0.25, 0.3) is 11.1 Å². The second-order valence-corrected chi connectivity index (χ2v) is 5.12. The minimum Gasteiger partial charge on any atom is -0.119 e. The summed E-state index contributed by atoms with van der Waals surface area (Å²) in [6.07, 6.45) is 7.92. The second-order valence-electron chi connectivity index (χ2n) is 5.12. The van der Waals surface area contributed by atoms with Crippen molar-refractivity contribution >= 4 is 0 Å². The number of hydrogen-bond donors (Lipinski definition) is 0. The number of terminal acetylenes is 1. The van der Waals surface area contributed by atoms with Crippen LogP contribution in [0.2, 0.25) is 0 Å². The van der Waals surface area contributed by atoms with Crippen LogP contribution in [0.15, 0.2) is 48.5 Å². The van der Waals surface area contributed by atoms with Gasteiger partial charge in [-0.3, -0.25) is 0 Å². The van der Waals surface area contributed by atoms with Crippen molar-refractivity contribution in [1.82, 2.24) is 0 Å². The highest BCUT2D eigenvalue weighted by molar-refractivity contribution is 5.68. The molecule has 1 fully saturated rings. The summed E-state index contributed by atoms with van der Waals surface area (Å²) in [6, 6.07) is 17.2. The molecule has 0 bridgehead atoms. The van der Waals surface area contributed by atoms with Crippen LogP contribution >= 0.6 is 0 Å². The van der Waals surface area contributed by atoms with E-state index in [1.807, 2.05) is 0 Å². The van der Waals surface area contributed by atoms with Crippen LogP contribution in [-0.2, 0) is 5.41 Å². The van der Waals surface area contributed by atoms with Crippen molar-refractivity contribution in [2.24, 2.45) is 0 Å². The average molecular weight is 232 g/mol. The van der Waals surface area contributed by atoms with E-state index in [2.05, 4.69) is 61.4 Å². The summed E-state index contributed by atoms with van der Waals surface area (Å²) in [4.78, 5) is 0. The van der Waals surface area contributed by atoms with Crippen molar-refractivity contribution < 1.29 is 0 Å². The molecule has 1 aliphatic rings. The second kappa shape index (κ2) is 4.03. The summed E-state index contributed by atoms with van der Waals surface area (Å²) < 4.78 is 0. The highest BCUT2D eigenvalue weighted by Gasteiger charge is 2.42. The molecule has 2 aromatic carbocycles. The molecule has 0 amide bonds. The minimum absolute atomic E-state index is 0.0265. The Balaban J connectivity index is 2.08. The fourth-order valence-corrected chi connectivity index (χ4v) is 2.52. The predicted molar refractivity (Wildman–Crippen MR) is 76.4 cm³/mol. The van der Waals surface area contributed by atoms with E-state index in [4.69, 9.17) is 6.42 Å². The SMILES string of the molecule is C#CC1(c2cccc(-c3ccccc3C)c2)CC1. The molecule has 0 N–H and O–H groups in total. The Bertz CT molecular complexity index is 624. The highest BCUT2D eigenvalue weighted by Crippen LogP contribution is 2.48. The third-order valence-corrected chi connectivity index (χ3v) is 3.90. The number of benzene rings is 2. The normalized spacial score (nSPS) is 16.0. The van der Waals surface area contributed by atoms with Gasteiger partial charge in [0.15, 0.2) is 0 Å². The smallest absolute Gasteiger partial charge is 0.0561 e. The van der Waals surface area contributed by atoms with Gasteiger partial charge in [-0.05, 0) is 48.1 Å². The lowest BCUT2D eigenvalue weighted by Gasteiger charge is -2.11. The minimum atomic E-state index is 0.0265. The van der Waals surface area contributed by atoms with Crippen molar-refractivity contribution in [3.63, 3.8) is 0 Å². The molecule has 0 heterocycles. The molecule has 18 heavy (non-hydrogen) atoms. The molecule has 0 heteroatoms. The summed E-state index contributed by atoms with van der Waals surface area (Å²) in [5, 5.41) is 0. The van der Waals surface area contributed by atoms with E-state index < -0.39 is 0 Å². The first-order valence-corrected chi connectivity index (χ1v) is 6.39. The maximum atomic E-state index is 5.67. The van der Waals surface area contributed by atoms with Gasteiger partial charge in [0, 0.05) is 0 Å². The lowest BCUT2D eigenvalue weighted by atomic mass is 9.92. The van der Waals surface area contributed by atoms with Crippen molar-refractivity contribution in [1.29, 1.82) is 0 Å². The first kappa shape index (κ1) is 11.1. The molecule has 88 valence electrons. The van der Waals surface area contributed by atoms with Gasteiger partial charge in [-0.25, -0.2) is 0 Å². The van der Waals surface area contributed by atoms with Gasteiger partial charge >= 0.3 is 0 Å². The number of aryl methyl sites for hydroxylation is 1. The lowest BCUT2D eigenvalue weighted by molar-refractivity contribution is 0.931. The summed E-state index contributed by atoms with van der Waals surface area (Å²) in [5.74, 6) is 2.96. The van der Waals surface area contributed by atoms with Gasteiger partial charge in [0.05, 0.1) is 5.41 Å². The van der Waals surface area contributed by atoms with Gasteiger partial charge in [-0.1, -0.05) is 48.4 Å². The van der Waals surface area contributed by atoms with Crippen LogP contribution in [-0.4, -0.2) is 0 Å². The summed E-state index contributed by atoms with van der Waals surface area (Å²) in [6.45, 7) is 2.15. The summed E-state index contributed by atoms with van der Waals surface area (Å²) in [7, 11) is 0. The summed E-state index contributed by atoms with van der Waals surface area (Å²) in [5.41, 5.74) is 5.20. The van der Waals surface area contributed by atoms with E-state index >= 15 is 0 Å². The molecule has 0 spiro atoms. The molecule has 0 aliphatic heterocycles. The van der Waals surface area contributed by atoms with E-state index in [0.29, 0.717) is 0 Å². The third-order valence-electron chi connectivity index (χ3n) is 3.90. The molecular formula is C18H16. The zero-order valence-electron chi connectivity index (χ0n) is 10.6. The molecule has 2 aromatic rings. The van der Waals surface area contributed by atoms with Gasteiger partial charge in [0.25, 0.3) is 0 Å². The molecule has 0 radical (unpaired) electrons. The first-order chi connectivity index (χ1) is 8.75. The van der Waals surface area contributed by atoms with Crippen molar-refractivity contribution in [3.05, 3.63) is 59.7 Å². The number of hydrogen-bond acceptors (Lipinski definition) is 0. The van der Waals surface area contributed by atoms with Crippen molar-refractivity contribution in [3.8, 4) is 23.5 Å². The van der Waals surface area contributed by atoms with Gasteiger partial charge < -0.3 is 0 Å². The highest BCUT2D eigenvalue weighted by atomic mass is 14.4. The molecule has 0 nitrogen and oxygen atoms in total. The van der Waals surface area contributed by atoms with Gasteiger partial charge in [0.1, 0.15) is 0 Å². The average Bonchev–Trinajstić information content (AvgIpc) is 3.20. The number of rotatable bonds is 2. The molecule has 0 unspecified atom stereocenters. The van der Waals surface area contributed by atoms with Crippen LogP contribution in [0, 0.1) is 19.3 Å². The molecule has 0 atom stereocenters. The Hall–Kier alpha value is -2.00. The van der Waals surface area contributed by atoms with Crippen LogP contribution < -0.4 is 0 Å². The van der Waals surface area contributed by atoms with Gasteiger partial charge in [0.2, 0.25) is 0 Å². The van der Waals surface area contributed by atoms with E-state index in [0.717, 1.165) is 12.8 Å². The zero-order valence-corrected chi connectivity index (χ0v) is 10.6. The van der Waals surface area contributed by atoms with Crippen LogP contribution in [0.1, 0.15) is 24.0 Å². The molecule has 0 aromatic heterocycles. The molecule has 3 rings (SSSR count). The Morgan fingerprint density at radius 3 is 2.50 bits per heavy atom. The van der Waals surface area contributed by atoms with E-state index in [-0.39, 0.29) is 5.41 Å². The predicted octanol–water partition coefficient (Wildman–Crippen LogP) is 4.33. The Morgan fingerprint density at radius 2 is 1.83 bits per heavy atom. The van der Waals surface area contributed by atoms with Crippen molar-refractivity contribution in [2.75, 3.05) is 0 Å². The quantitative estimate of drug-likeness (QED) is 0.676. The molecule has 1 saturated carbocycles. The maximum Gasteiger partial charge on any atom is 0.0561 e. The lowest BCUT2D eigenvalue weighted by Crippen LogP contribution is -2.02. The van der Waals surface area contributed by atoms with Crippen LogP contribution in [0.4, 0.5) is 0 Å². The van der Waals surface area contributed by atoms with E-state index in [9.17, 15) is 0 Å². The molecular weight excluding hydrogens is 216 g/mol. The molecule has 0 saturated heterocycles. The van der Waals surface area contributed by atoms with E-state index in [1.165, 1.54) is 22.3 Å². The Labute approximate surface area is 109 Å². The Kier molecular flexibility index (Phi) is 2.49. The monoisotopic (exact) mass is 232 g/mol. The largest absolute Gasteiger partial charge is 0.119 e. The van der Waals surface area contributed by atoms with Gasteiger partial charge in [-0.15, -0.1) is 6.42 Å². The van der Waals surface area contributed by atoms with Gasteiger partial charge in [-0.2, -0.15) is 0 Å². The third kappa shape index (κ3) is 1.73. The zero-order chi connectivity index (χ0) is 12.6. The van der Waals surface area contributed by atoms with Crippen molar-refractivity contribution in [2.45, 2.75) is 25.2 Å². The topological polar surface area (TPSA) is 0 Å². The van der Waals surface area contributed by atoms with E-state index in [1.54, 1.807) is 0 Å². The maximum absolute atomic E-state index is 5.67. The fourth-order valence-electron chi connectivity index (χ4n) is 2.52. The van der Waals surface area contributed by atoms with Crippen LogP contribution in [0.3, 0.4) is 0 Å². The summed E-state index contributed by atoms with van der Waals surface area (Å²) >= 11 is 0. The Morgan fingerprint density at radius 1 is 1.06 bits per heavy atom. The molecule has 1 aliphatic carbocycles. The standard InChI is InChI=1S/C18H16/c1-3-18(11-12-18)16-9-6-8-15(13-16)17-10-5-4-7-14(17)2/h1,4-10,13H,11-12H2,2H3.